The molecule has 0 bridgehead atoms. The van der Waals surface area contributed by atoms with Gasteiger partial charge in [-0.05, 0) is 44.2 Å². The Morgan fingerprint density at radius 1 is 1.03 bits per heavy atom. The van der Waals surface area contributed by atoms with Gasteiger partial charge in [0.1, 0.15) is 6.54 Å². The third-order valence-corrected chi connectivity index (χ3v) is 7.90. The smallest absolute Gasteiger partial charge is 0.264 e. The van der Waals surface area contributed by atoms with Crippen molar-refractivity contribution in [2.24, 2.45) is 0 Å². The van der Waals surface area contributed by atoms with E-state index in [-0.39, 0.29) is 27.9 Å². The van der Waals surface area contributed by atoms with Crippen molar-refractivity contribution in [3.8, 4) is 11.5 Å². The van der Waals surface area contributed by atoms with E-state index in [0.717, 1.165) is 10.00 Å². The number of likely N-dealkylation sites (N-methyl/N-ethyl adjacent to an activating group) is 1. The summed E-state index contributed by atoms with van der Waals surface area (Å²) in [6, 6.07) is 9.26. The van der Waals surface area contributed by atoms with Gasteiger partial charge in [-0.2, -0.15) is 0 Å². The molecular weight excluding hydrogens is 530 g/mol. The van der Waals surface area contributed by atoms with Gasteiger partial charge in [0, 0.05) is 38.6 Å². The summed E-state index contributed by atoms with van der Waals surface area (Å²) < 4.78 is 39.7. The van der Waals surface area contributed by atoms with Crippen molar-refractivity contribution in [3.05, 3.63) is 65.2 Å². The minimum absolute atomic E-state index is 0.0816. The molecule has 38 heavy (non-hydrogen) atoms. The fourth-order valence-electron chi connectivity index (χ4n) is 3.76. The Morgan fingerprint density at radius 2 is 1.74 bits per heavy atom. The van der Waals surface area contributed by atoms with Crippen molar-refractivity contribution in [1.82, 2.24) is 14.9 Å². The van der Waals surface area contributed by atoms with Gasteiger partial charge in [0.2, 0.25) is 5.91 Å². The molecule has 3 rings (SSSR count). The van der Waals surface area contributed by atoms with Crippen molar-refractivity contribution >= 4 is 38.9 Å². The Hall–Kier alpha value is -3.57. The van der Waals surface area contributed by atoms with Crippen LogP contribution in [0.2, 0.25) is 5.02 Å². The second-order valence-electron chi connectivity index (χ2n) is 8.62. The Morgan fingerprint density at radius 3 is 2.34 bits per heavy atom. The number of aromatic nitrogens is 2. The summed E-state index contributed by atoms with van der Waals surface area (Å²) in [5.74, 6) is 0.186. The number of carbonyl (C=O) groups excluding carboxylic acids is 1. The first kappa shape index (κ1) is 29.0. The molecule has 10 nitrogen and oxygen atoms in total. The molecule has 1 heterocycles. The van der Waals surface area contributed by atoms with Crippen LogP contribution in [0.4, 0.5) is 11.4 Å². The number of hydrogen-bond donors (Lipinski definition) is 0. The average molecular weight is 562 g/mol. The number of anilines is 2. The number of aryl methyl sites for hydroxylation is 1. The lowest BCUT2D eigenvalue weighted by molar-refractivity contribution is -0.130. The average Bonchev–Trinajstić information content (AvgIpc) is 2.90. The van der Waals surface area contributed by atoms with Gasteiger partial charge in [0.15, 0.2) is 11.5 Å². The molecule has 0 N–H and O–H groups in total. The van der Waals surface area contributed by atoms with Crippen molar-refractivity contribution in [2.45, 2.75) is 25.3 Å². The second kappa shape index (κ2) is 12.3. The minimum Gasteiger partial charge on any atom is -0.493 e. The number of hydrogen-bond acceptors (Lipinski definition) is 8. The Labute approximate surface area is 228 Å². The molecule has 2 aromatic carbocycles. The number of methoxy groups -OCH3 is 2. The largest absolute Gasteiger partial charge is 0.493 e. The number of nitrogens with zero attached hydrogens (tertiary/aromatic N) is 5. The van der Waals surface area contributed by atoms with Crippen LogP contribution < -0.4 is 18.7 Å². The molecule has 0 atom stereocenters. The molecule has 1 amide bonds. The van der Waals surface area contributed by atoms with E-state index in [1.54, 1.807) is 30.6 Å². The molecule has 0 fully saturated rings. The number of benzene rings is 2. The van der Waals surface area contributed by atoms with Crippen LogP contribution in [-0.2, 0) is 21.4 Å². The van der Waals surface area contributed by atoms with Crippen molar-refractivity contribution in [2.75, 3.05) is 50.6 Å². The molecule has 0 radical (unpaired) electrons. The fourth-order valence-corrected chi connectivity index (χ4v) is 5.47. The predicted octanol–water partition coefficient (Wildman–Crippen LogP) is 3.77. The summed E-state index contributed by atoms with van der Waals surface area (Å²) in [7, 11) is 2.26. The first-order valence-corrected chi connectivity index (χ1v) is 13.6. The molecule has 1 aromatic heterocycles. The number of sulfonamides is 1. The van der Waals surface area contributed by atoms with Crippen LogP contribution in [0.15, 0.2) is 53.7 Å². The Balaban J connectivity index is 2.09. The first-order chi connectivity index (χ1) is 18.0. The maximum Gasteiger partial charge on any atom is 0.264 e. The van der Waals surface area contributed by atoms with E-state index in [9.17, 15) is 13.2 Å². The maximum atomic E-state index is 14.0. The van der Waals surface area contributed by atoms with Crippen LogP contribution in [0.1, 0.15) is 18.3 Å². The van der Waals surface area contributed by atoms with Crippen molar-refractivity contribution in [3.63, 3.8) is 0 Å². The topological polar surface area (TPSA) is 105 Å². The summed E-state index contributed by atoms with van der Waals surface area (Å²) in [6.45, 7) is 3.66. The van der Waals surface area contributed by atoms with E-state index in [4.69, 9.17) is 21.1 Å². The third kappa shape index (κ3) is 6.46. The summed E-state index contributed by atoms with van der Waals surface area (Å²) in [5.41, 5.74) is 2.21. The van der Waals surface area contributed by atoms with Gasteiger partial charge in [0.25, 0.3) is 10.0 Å². The van der Waals surface area contributed by atoms with Crippen LogP contribution in [0.5, 0.6) is 11.5 Å². The van der Waals surface area contributed by atoms with Gasteiger partial charge in [-0.15, -0.1) is 0 Å². The monoisotopic (exact) mass is 561 g/mol. The van der Waals surface area contributed by atoms with Crippen LogP contribution >= 0.6 is 11.6 Å². The van der Waals surface area contributed by atoms with Gasteiger partial charge in [0.05, 0.1) is 54.0 Å². The van der Waals surface area contributed by atoms with Crippen LogP contribution in [-0.4, -0.2) is 70.6 Å². The number of amides is 1. The van der Waals surface area contributed by atoms with E-state index >= 15 is 0 Å². The molecule has 0 saturated carbocycles. The number of carbonyl (C=O) groups is 1. The molecule has 0 aliphatic rings. The first-order valence-electron chi connectivity index (χ1n) is 11.8. The van der Waals surface area contributed by atoms with Crippen LogP contribution in [0.25, 0.3) is 0 Å². The maximum absolute atomic E-state index is 14.0. The van der Waals surface area contributed by atoms with Crippen LogP contribution in [0, 0.1) is 6.92 Å². The lowest BCUT2D eigenvalue weighted by atomic mass is 10.2. The van der Waals surface area contributed by atoms with Crippen molar-refractivity contribution in [1.29, 1.82) is 0 Å². The highest BCUT2D eigenvalue weighted by Gasteiger charge is 2.31. The van der Waals surface area contributed by atoms with E-state index < -0.39 is 22.5 Å². The molecule has 0 aliphatic carbocycles. The number of rotatable bonds is 11. The normalized spacial score (nSPS) is 11.1. The highest BCUT2D eigenvalue weighted by molar-refractivity contribution is 7.92. The minimum atomic E-state index is -4.27. The summed E-state index contributed by atoms with van der Waals surface area (Å²) in [6.07, 6.45) is 3.21. The molecule has 12 heteroatoms. The van der Waals surface area contributed by atoms with Gasteiger partial charge < -0.3 is 19.3 Å². The van der Waals surface area contributed by atoms with Gasteiger partial charge >= 0.3 is 0 Å². The van der Waals surface area contributed by atoms with Crippen molar-refractivity contribution < 1.29 is 22.7 Å². The van der Waals surface area contributed by atoms with Gasteiger partial charge in [-0.3, -0.25) is 19.1 Å². The number of halogens is 1. The molecule has 0 spiro atoms. The van der Waals surface area contributed by atoms with E-state index in [1.807, 2.05) is 32.8 Å². The summed E-state index contributed by atoms with van der Waals surface area (Å²) >= 11 is 6.53. The summed E-state index contributed by atoms with van der Waals surface area (Å²) in [4.78, 5) is 25.4. The molecule has 0 unspecified atom stereocenters. The fraction of sp³-hybridized carbons (Fsp3) is 0.346. The highest BCUT2D eigenvalue weighted by Crippen LogP contribution is 2.36. The zero-order valence-electron chi connectivity index (χ0n) is 22.3. The quantitative estimate of drug-likeness (QED) is 0.348. The van der Waals surface area contributed by atoms with E-state index in [1.165, 1.54) is 37.3 Å². The van der Waals surface area contributed by atoms with Gasteiger partial charge in [-0.1, -0.05) is 11.6 Å². The van der Waals surface area contributed by atoms with Crippen LogP contribution in [0.3, 0.4) is 0 Å². The molecule has 0 saturated heterocycles. The Kier molecular flexibility index (Phi) is 9.40. The summed E-state index contributed by atoms with van der Waals surface area (Å²) in [5, 5.41) is 0.181. The lowest BCUT2D eigenvalue weighted by Gasteiger charge is -2.29. The third-order valence-electron chi connectivity index (χ3n) is 5.83. The lowest BCUT2D eigenvalue weighted by Crippen LogP contribution is -2.43. The predicted molar refractivity (Wildman–Crippen MR) is 148 cm³/mol. The second-order valence-corrected chi connectivity index (χ2v) is 10.9. The molecular formula is C26H32ClN5O5S. The zero-order chi connectivity index (χ0) is 28.0. The standard InChI is InChI=1S/C26H32ClN5O5S/c1-7-31(16-19-15-28-14-18(2)29-19)26(33)17-32(23-12-20(30(3)4)8-10-22(23)27)38(34,35)21-9-11-24(36-5)25(13-21)37-6/h8-15H,7,16-17H2,1-6H3. The molecule has 0 aliphatic heterocycles. The number of ether oxygens (including phenoxy) is 2. The zero-order valence-corrected chi connectivity index (χ0v) is 23.9. The molecule has 204 valence electrons. The van der Waals surface area contributed by atoms with E-state index in [2.05, 4.69) is 9.97 Å². The highest BCUT2D eigenvalue weighted by atomic mass is 35.5. The molecule has 3 aromatic rings. The Bertz CT molecular complexity index is 1400. The SMILES string of the molecule is CCN(Cc1cncc(C)n1)C(=O)CN(c1cc(N(C)C)ccc1Cl)S(=O)(=O)c1ccc(OC)c(OC)c1. The van der Waals surface area contributed by atoms with E-state index in [0.29, 0.717) is 23.7 Å². The van der Waals surface area contributed by atoms with Gasteiger partial charge in [-0.25, -0.2) is 8.42 Å².